The Hall–Kier alpha value is -1.12. The van der Waals surface area contributed by atoms with Crippen molar-refractivity contribution in [2.75, 3.05) is 33.2 Å². The summed E-state index contributed by atoms with van der Waals surface area (Å²) in [4.78, 5) is 7.64. The molecule has 8 heteroatoms. The number of sulfonamides is 1. The molecule has 1 saturated heterocycles. The van der Waals surface area contributed by atoms with Gasteiger partial charge < -0.3 is 10.2 Å². The molecule has 2 N–H and O–H groups in total. The Labute approximate surface area is 148 Å². The van der Waals surface area contributed by atoms with Crippen molar-refractivity contribution < 1.29 is 8.42 Å². The summed E-state index contributed by atoms with van der Waals surface area (Å²) in [7, 11) is -1.62. The molecular formula is C16H26N4O2S2. The minimum absolute atomic E-state index is 0.345. The first-order chi connectivity index (χ1) is 11.4. The molecule has 24 heavy (non-hydrogen) atoms. The predicted octanol–water partition coefficient (Wildman–Crippen LogP) is 1.79. The zero-order valence-electron chi connectivity index (χ0n) is 14.3. The van der Waals surface area contributed by atoms with Crippen molar-refractivity contribution in [2.45, 2.75) is 36.8 Å². The molecule has 1 aromatic heterocycles. The van der Waals surface area contributed by atoms with Crippen LogP contribution in [0.5, 0.6) is 0 Å². The number of hydrogen-bond donors (Lipinski definition) is 2. The quantitative estimate of drug-likeness (QED) is 0.471. The Bertz CT molecular complexity index is 707. The summed E-state index contributed by atoms with van der Waals surface area (Å²) in [6.45, 7) is 4.89. The van der Waals surface area contributed by atoms with Crippen LogP contribution in [0, 0.1) is 12.3 Å². The highest BCUT2D eigenvalue weighted by Crippen LogP contribution is 2.47. The van der Waals surface area contributed by atoms with Crippen molar-refractivity contribution in [3.8, 4) is 0 Å². The Morgan fingerprint density at radius 2 is 2.12 bits per heavy atom. The van der Waals surface area contributed by atoms with Crippen LogP contribution in [-0.4, -0.2) is 52.5 Å². The Kier molecular flexibility index (Phi) is 5.17. The second-order valence-corrected chi connectivity index (χ2v) is 10.0. The fraction of sp³-hybridized carbons (Fsp3) is 0.688. The normalized spacial score (nSPS) is 20.4. The topological polar surface area (TPSA) is 73.8 Å². The van der Waals surface area contributed by atoms with Gasteiger partial charge in [0, 0.05) is 38.1 Å². The van der Waals surface area contributed by atoms with Gasteiger partial charge in [0.25, 0.3) is 0 Å². The molecule has 2 aliphatic rings. The molecule has 3 rings (SSSR count). The maximum Gasteiger partial charge on any atom is 0.250 e. The van der Waals surface area contributed by atoms with Crippen LogP contribution >= 0.6 is 11.3 Å². The molecule has 0 amide bonds. The lowest BCUT2D eigenvalue weighted by Crippen LogP contribution is -2.44. The second-order valence-electron chi connectivity index (χ2n) is 6.76. The van der Waals surface area contributed by atoms with Gasteiger partial charge in [0.05, 0.1) is 0 Å². The molecule has 0 bridgehead atoms. The molecule has 2 fully saturated rings. The van der Waals surface area contributed by atoms with Crippen molar-refractivity contribution in [3.05, 3.63) is 17.0 Å². The number of hydrogen-bond acceptors (Lipinski definition) is 4. The van der Waals surface area contributed by atoms with E-state index in [-0.39, 0.29) is 0 Å². The fourth-order valence-electron chi connectivity index (χ4n) is 3.52. The van der Waals surface area contributed by atoms with Crippen LogP contribution in [0.1, 0.15) is 30.6 Å². The summed E-state index contributed by atoms with van der Waals surface area (Å²) in [6, 6.07) is 3.47. The highest BCUT2D eigenvalue weighted by atomic mass is 32.2. The smallest absolute Gasteiger partial charge is 0.250 e. The lowest BCUT2D eigenvalue weighted by Gasteiger charge is -2.38. The molecule has 0 aromatic carbocycles. The fourth-order valence-corrected chi connectivity index (χ4v) is 5.88. The summed E-state index contributed by atoms with van der Waals surface area (Å²) in [5, 5.41) is 3.28. The highest BCUT2D eigenvalue weighted by Gasteiger charge is 2.43. The number of aliphatic imine (C=N–C) groups is 1. The zero-order chi connectivity index (χ0) is 17.2. The molecule has 1 aliphatic heterocycles. The predicted molar refractivity (Wildman–Crippen MR) is 98.1 cm³/mol. The van der Waals surface area contributed by atoms with Crippen LogP contribution in [0.25, 0.3) is 0 Å². The SMILES string of the molecule is CN=C(NCCNS(=O)(=O)c1ccc(C)s1)N1CCC2(CCC2)C1. The Morgan fingerprint density at radius 3 is 2.67 bits per heavy atom. The summed E-state index contributed by atoms with van der Waals surface area (Å²) >= 11 is 1.29. The third-order valence-corrected chi connectivity index (χ3v) is 8.00. The van der Waals surface area contributed by atoms with Gasteiger partial charge >= 0.3 is 0 Å². The Morgan fingerprint density at radius 1 is 1.33 bits per heavy atom. The standard InChI is InChI=1S/C16H26N4O2S2/c1-13-4-5-14(23-13)24(21,22)19-10-9-18-15(17-2)20-11-8-16(12-20)6-3-7-16/h4-5,19H,3,6-12H2,1-2H3,(H,17,18). The maximum atomic E-state index is 12.2. The van der Waals surface area contributed by atoms with E-state index in [1.54, 1.807) is 13.1 Å². The lowest BCUT2D eigenvalue weighted by atomic mass is 9.68. The number of guanidine groups is 1. The van der Waals surface area contributed by atoms with E-state index in [4.69, 9.17) is 0 Å². The van der Waals surface area contributed by atoms with Crippen molar-refractivity contribution >= 4 is 27.3 Å². The van der Waals surface area contributed by atoms with Crippen molar-refractivity contribution in [3.63, 3.8) is 0 Å². The van der Waals surface area contributed by atoms with Crippen LogP contribution in [0.4, 0.5) is 0 Å². The molecule has 1 spiro atoms. The minimum atomic E-state index is -3.40. The molecule has 134 valence electrons. The van der Waals surface area contributed by atoms with Crippen molar-refractivity contribution in [2.24, 2.45) is 10.4 Å². The van der Waals surface area contributed by atoms with Crippen LogP contribution in [0.15, 0.2) is 21.3 Å². The number of likely N-dealkylation sites (tertiary alicyclic amines) is 1. The maximum absolute atomic E-state index is 12.2. The third kappa shape index (κ3) is 3.75. The minimum Gasteiger partial charge on any atom is -0.355 e. The molecule has 1 saturated carbocycles. The van der Waals surface area contributed by atoms with Gasteiger partial charge in [-0.15, -0.1) is 11.3 Å². The van der Waals surface area contributed by atoms with Gasteiger partial charge in [-0.3, -0.25) is 4.99 Å². The first-order valence-electron chi connectivity index (χ1n) is 8.46. The molecule has 1 aliphatic carbocycles. The number of aryl methyl sites for hydroxylation is 1. The summed E-state index contributed by atoms with van der Waals surface area (Å²) in [5.41, 5.74) is 0.524. The summed E-state index contributed by atoms with van der Waals surface area (Å²) in [5.74, 6) is 0.880. The molecule has 6 nitrogen and oxygen atoms in total. The van der Waals surface area contributed by atoms with Crippen LogP contribution < -0.4 is 10.0 Å². The van der Waals surface area contributed by atoms with E-state index < -0.39 is 10.0 Å². The third-order valence-electron chi connectivity index (χ3n) is 5.04. The first-order valence-corrected chi connectivity index (χ1v) is 10.8. The molecule has 2 heterocycles. The van der Waals surface area contributed by atoms with Gasteiger partial charge in [-0.1, -0.05) is 6.42 Å². The molecule has 0 atom stereocenters. The van der Waals surface area contributed by atoms with Crippen LogP contribution in [0.3, 0.4) is 0 Å². The Balaban J connectivity index is 1.45. The first kappa shape index (κ1) is 17.7. The van der Waals surface area contributed by atoms with E-state index in [1.807, 2.05) is 13.0 Å². The van der Waals surface area contributed by atoms with E-state index in [2.05, 4.69) is 19.9 Å². The highest BCUT2D eigenvalue weighted by molar-refractivity contribution is 7.91. The van der Waals surface area contributed by atoms with E-state index in [1.165, 1.54) is 37.0 Å². The number of rotatable bonds is 5. The van der Waals surface area contributed by atoms with E-state index in [0.29, 0.717) is 22.7 Å². The summed E-state index contributed by atoms with van der Waals surface area (Å²) in [6.07, 6.45) is 5.27. The number of nitrogens with zero attached hydrogens (tertiary/aromatic N) is 2. The van der Waals surface area contributed by atoms with Crippen molar-refractivity contribution in [1.29, 1.82) is 0 Å². The molecule has 0 unspecified atom stereocenters. The van der Waals surface area contributed by atoms with E-state index in [0.717, 1.165) is 23.9 Å². The van der Waals surface area contributed by atoms with Crippen LogP contribution in [0.2, 0.25) is 0 Å². The monoisotopic (exact) mass is 370 g/mol. The molecule has 1 aromatic rings. The largest absolute Gasteiger partial charge is 0.355 e. The lowest BCUT2D eigenvalue weighted by molar-refractivity contribution is 0.151. The average molecular weight is 371 g/mol. The van der Waals surface area contributed by atoms with Gasteiger partial charge in [-0.05, 0) is 43.7 Å². The van der Waals surface area contributed by atoms with Gasteiger partial charge in [0.1, 0.15) is 4.21 Å². The number of thiophene rings is 1. The number of nitrogens with one attached hydrogen (secondary N) is 2. The van der Waals surface area contributed by atoms with Gasteiger partial charge in [-0.2, -0.15) is 0 Å². The van der Waals surface area contributed by atoms with Gasteiger partial charge in [-0.25, -0.2) is 13.1 Å². The zero-order valence-corrected chi connectivity index (χ0v) is 16.0. The summed E-state index contributed by atoms with van der Waals surface area (Å²) < 4.78 is 27.4. The van der Waals surface area contributed by atoms with Crippen LogP contribution in [-0.2, 0) is 10.0 Å². The van der Waals surface area contributed by atoms with Gasteiger partial charge in [0.2, 0.25) is 10.0 Å². The second kappa shape index (κ2) is 7.01. The molecular weight excluding hydrogens is 344 g/mol. The van der Waals surface area contributed by atoms with E-state index >= 15 is 0 Å². The van der Waals surface area contributed by atoms with E-state index in [9.17, 15) is 8.42 Å². The van der Waals surface area contributed by atoms with Crippen molar-refractivity contribution in [1.82, 2.24) is 14.9 Å². The average Bonchev–Trinajstić information content (AvgIpc) is 3.14. The van der Waals surface area contributed by atoms with Gasteiger partial charge in [0.15, 0.2) is 5.96 Å². The molecule has 0 radical (unpaired) electrons.